The summed E-state index contributed by atoms with van der Waals surface area (Å²) >= 11 is 0. The molecule has 0 saturated heterocycles. The maximum Gasteiger partial charge on any atom is 0.146 e. The molecule has 2 rings (SSSR count). The minimum Gasteiger partial charge on any atom is -0.463 e. The summed E-state index contributed by atoms with van der Waals surface area (Å²) < 4.78 is 5.75. The van der Waals surface area contributed by atoms with Gasteiger partial charge in [0, 0.05) is 11.6 Å². The van der Waals surface area contributed by atoms with Gasteiger partial charge in [0.1, 0.15) is 20.1 Å². The fourth-order valence-electron chi connectivity index (χ4n) is 3.88. The lowest BCUT2D eigenvalue weighted by molar-refractivity contribution is 0.581. The number of aryl methyl sites for hydroxylation is 1. The topological polar surface area (TPSA) is 13.1 Å². The van der Waals surface area contributed by atoms with Gasteiger partial charge < -0.3 is 4.42 Å². The van der Waals surface area contributed by atoms with Gasteiger partial charge in [0.2, 0.25) is 0 Å². The molecule has 0 spiro atoms. The van der Waals surface area contributed by atoms with Gasteiger partial charge in [-0.1, -0.05) is 77.3 Å². The molecule has 0 fully saturated rings. The second-order valence-electron chi connectivity index (χ2n) is 7.71. The van der Waals surface area contributed by atoms with E-state index in [1.165, 1.54) is 5.56 Å². The highest BCUT2D eigenvalue weighted by Crippen LogP contribution is 2.40. The second-order valence-corrected chi connectivity index (χ2v) is 13.3. The molecule has 2 aromatic rings. The standard InChI is InChI=1S/C22H30OSi/c1-16(2)24(17(3)4,18(5)6)13-12-20-14-22(23-15-20)21-10-8-19(7)9-11-21/h8-11,14-18H,1-7H3. The Kier molecular flexibility index (Phi) is 5.77. The fraction of sp³-hybridized carbons (Fsp3) is 0.455. The maximum absolute atomic E-state index is 5.75. The Balaban J connectivity index is 2.35. The Hall–Kier alpha value is -1.72. The first-order valence-corrected chi connectivity index (χ1v) is 11.2. The van der Waals surface area contributed by atoms with Crippen LogP contribution in [-0.4, -0.2) is 8.07 Å². The summed E-state index contributed by atoms with van der Waals surface area (Å²) in [5.74, 6) is 4.34. The van der Waals surface area contributed by atoms with Crippen molar-refractivity contribution in [2.75, 3.05) is 0 Å². The van der Waals surface area contributed by atoms with Gasteiger partial charge in [0.05, 0.1) is 5.56 Å². The van der Waals surface area contributed by atoms with Gasteiger partial charge in [0.25, 0.3) is 0 Å². The van der Waals surface area contributed by atoms with E-state index in [2.05, 4.69) is 90.3 Å². The lowest BCUT2D eigenvalue weighted by Gasteiger charge is -2.38. The molecule has 0 bridgehead atoms. The Labute approximate surface area is 148 Å². The summed E-state index contributed by atoms with van der Waals surface area (Å²) in [7, 11) is -1.69. The molecule has 2 heteroatoms. The van der Waals surface area contributed by atoms with Crippen LogP contribution in [0.4, 0.5) is 0 Å². The molecule has 0 saturated carbocycles. The van der Waals surface area contributed by atoms with Crippen molar-refractivity contribution in [3.63, 3.8) is 0 Å². The molecule has 128 valence electrons. The maximum atomic E-state index is 5.75. The van der Waals surface area contributed by atoms with Crippen molar-refractivity contribution >= 4 is 8.07 Å². The highest BCUT2D eigenvalue weighted by atomic mass is 28.3. The van der Waals surface area contributed by atoms with E-state index in [-0.39, 0.29) is 0 Å². The zero-order valence-electron chi connectivity index (χ0n) is 16.1. The predicted molar refractivity (Wildman–Crippen MR) is 107 cm³/mol. The number of furan rings is 1. The quantitative estimate of drug-likeness (QED) is 0.440. The van der Waals surface area contributed by atoms with Crippen LogP contribution in [0.15, 0.2) is 41.0 Å². The summed E-state index contributed by atoms with van der Waals surface area (Å²) in [5, 5.41) is 0. The van der Waals surface area contributed by atoms with Crippen LogP contribution in [0, 0.1) is 18.4 Å². The van der Waals surface area contributed by atoms with Gasteiger partial charge in [-0.25, -0.2) is 0 Å². The van der Waals surface area contributed by atoms with E-state index in [1.54, 1.807) is 6.26 Å². The van der Waals surface area contributed by atoms with E-state index in [1.807, 2.05) is 0 Å². The molecule has 0 aliphatic rings. The van der Waals surface area contributed by atoms with Crippen LogP contribution in [0.3, 0.4) is 0 Å². The van der Waals surface area contributed by atoms with Crippen molar-refractivity contribution in [3.05, 3.63) is 47.7 Å². The van der Waals surface area contributed by atoms with E-state index in [4.69, 9.17) is 4.42 Å². The third kappa shape index (κ3) is 3.68. The summed E-state index contributed by atoms with van der Waals surface area (Å²) in [5.41, 5.74) is 9.04. The van der Waals surface area contributed by atoms with Gasteiger partial charge in [-0.3, -0.25) is 0 Å². The van der Waals surface area contributed by atoms with E-state index < -0.39 is 8.07 Å². The lowest BCUT2D eigenvalue weighted by Crippen LogP contribution is -2.43. The molecule has 0 N–H and O–H groups in total. The predicted octanol–water partition coefficient (Wildman–Crippen LogP) is 6.82. The first kappa shape index (κ1) is 18.6. The molecule has 0 unspecified atom stereocenters. The van der Waals surface area contributed by atoms with Crippen LogP contribution in [0.2, 0.25) is 16.6 Å². The van der Waals surface area contributed by atoms with Crippen molar-refractivity contribution in [3.8, 4) is 22.8 Å². The summed E-state index contributed by atoms with van der Waals surface area (Å²) in [6.45, 7) is 16.1. The molecule has 0 atom stereocenters. The molecule has 1 aromatic carbocycles. The summed E-state index contributed by atoms with van der Waals surface area (Å²) in [6, 6.07) is 10.5. The minimum absolute atomic E-state index is 0.647. The highest BCUT2D eigenvalue weighted by molar-refractivity contribution is 6.90. The Bertz CT molecular complexity index is 702. The fourth-order valence-corrected chi connectivity index (χ4v) is 9.11. The van der Waals surface area contributed by atoms with Gasteiger partial charge in [0.15, 0.2) is 0 Å². The zero-order chi connectivity index (χ0) is 17.9. The van der Waals surface area contributed by atoms with Crippen molar-refractivity contribution in [1.82, 2.24) is 0 Å². The number of hydrogen-bond donors (Lipinski definition) is 0. The lowest BCUT2D eigenvalue weighted by atomic mass is 10.1. The van der Waals surface area contributed by atoms with Crippen LogP contribution < -0.4 is 0 Å². The Morgan fingerprint density at radius 1 is 0.875 bits per heavy atom. The Morgan fingerprint density at radius 2 is 1.42 bits per heavy atom. The third-order valence-electron chi connectivity index (χ3n) is 5.22. The van der Waals surface area contributed by atoms with E-state index >= 15 is 0 Å². The molecule has 1 nitrogen and oxygen atoms in total. The summed E-state index contributed by atoms with van der Waals surface area (Å²) in [6.07, 6.45) is 1.79. The smallest absolute Gasteiger partial charge is 0.146 e. The average molecular weight is 339 g/mol. The third-order valence-corrected chi connectivity index (χ3v) is 11.5. The Morgan fingerprint density at radius 3 is 1.92 bits per heavy atom. The molecule has 24 heavy (non-hydrogen) atoms. The van der Waals surface area contributed by atoms with Crippen LogP contribution in [0.1, 0.15) is 52.7 Å². The first-order chi connectivity index (χ1) is 11.3. The van der Waals surface area contributed by atoms with Crippen LogP contribution in [0.25, 0.3) is 11.3 Å². The first-order valence-electron chi connectivity index (χ1n) is 8.96. The largest absolute Gasteiger partial charge is 0.463 e. The van der Waals surface area contributed by atoms with E-state index in [0.717, 1.165) is 16.9 Å². The van der Waals surface area contributed by atoms with Gasteiger partial charge in [-0.05, 0) is 23.5 Å². The van der Waals surface area contributed by atoms with Crippen LogP contribution in [0.5, 0.6) is 0 Å². The molecular weight excluding hydrogens is 308 g/mol. The van der Waals surface area contributed by atoms with Gasteiger partial charge in [-0.15, -0.1) is 5.54 Å². The molecule has 0 amide bonds. The van der Waals surface area contributed by atoms with Crippen molar-refractivity contribution in [2.45, 2.75) is 65.1 Å². The highest BCUT2D eigenvalue weighted by Gasteiger charge is 2.41. The number of rotatable bonds is 4. The molecular formula is C22H30OSi. The number of benzene rings is 1. The van der Waals surface area contributed by atoms with Crippen LogP contribution >= 0.6 is 0 Å². The van der Waals surface area contributed by atoms with Gasteiger partial charge in [-0.2, -0.15) is 0 Å². The SMILES string of the molecule is Cc1ccc(-c2cc(C#C[Si](C(C)C)(C(C)C)C(C)C)co2)cc1. The molecule has 1 heterocycles. The summed E-state index contributed by atoms with van der Waals surface area (Å²) in [4.78, 5) is 0. The second kappa shape index (κ2) is 7.45. The zero-order valence-corrected chi connectivity index (χ0v) is 17.1. The van der Waals surface area contributed by atoms with Gasteiger partial charge >= 0.3 is 0 Å². The minimum atomic E-state index is -1.69. The molecule has 0 aliphatic heterocycles. The monoisotopic (exact) mass is 338 g/mol. The molecule has 1 aromatic heterocycles. The van der Waals surface area contributed by atoms with E-state index in [0.29, 0.717) is 16.6 Å². The number of hydrogen-bond acceptors (Lipinski definition) is 1. The van der Waals surface area contributed by atoms with Crippen molar-refractivity contribution in [2.24, 2.45) is 0 Å². The van der Waals surface area contributed by atoms with Crippen molar-refractivity contribution in [1.29, 1.82) is 0 Å². The average Bonchev–Trinajstić information content (AvgIpc) is 2.96. The van der Waals surface area contributed by atoms with E-state index in [9.17, 15) is 0 Å². The molecule has 0 aliphatic carbocycles. The van der Waals surface area contributed by atoms with Crippen molar-refractivity contribution < 1.29 is 4.42 Å². The van der Waals surface area contributed by atoms with Crippen LogP contribution in [-0.2, 0) is 0 Å². The molecule has 0 radical (unpaired) electrons. The normalized spacial score (nSPS) is 11.9.